The second-order valence-electron chi connectivity index (χ2n) is 7.42. The molecule has 1 N–H and O–H groups in total. The zero-order chi connectivity index (χ0) is 19.6. The molecule has 0 aliphatic carbocycles. The van der Waals surface area contributed by atoms with Gasteiger partial charge in [0.1, 0.15) is 0 Å². The largest absolute Gasteiger partial charge is 0.376 e. The second kappa shape index (κ2) is 7.93. The molecule has 2 saturated heterocycles. The summed E-state index contributed by atoms with van der Waals surface area (Å²) >= 11 is 5.78. The minimum Gasteiger partial charge on any atom is -0.376 e. The molecular formula is C22H23N5OS. The Morgan fingerprint density at radius 2 is 2.00 bits per heavy atom. The lowest BCUT2D eigenvalue weighted by molar-refractivity contribution is 0.0836. The Morgan fingerprint density at radius 1 is 1.10 bits per heavy atom. The van der Waals surface area contributed by atoms with Crippen molar-refractivity contribution in [1.82, 2.24) is 24.8 Å². The highest BCUT2D eigenvalue weighted by molar-refractivity contribution is 7.80. The molecule has 5 rings (SSSR count). The molecule has 0 amide bonds. The van der Waals surface area contributed by atoms with E-state index >= 15 is 0 Å². The molecular weight excluding hydrogens is 382 g/mol. The monoisotopic (exact) mass is 405 g/mol. The van der Waals surface area contributed by atoms with Crippen LogP contribution in [0.15, 0.2) is 67.3 Å². The maximum Gasteiger partial charge on any atom is 0.170 e. The van der Waals surface area contributed by atoms with Gasteiger partial charge in [0.2, 0.25) is 0 Å². The van der Waals surface area contributed by atoms with Crippen LogP contribution in [0.4, 0.5) is 0 Å². The highest BCUT2D eigenvalue weighted by Crippen LogP contribution is 2.40. The van der Waals surface area contributed by atoms with Gasteiger partial charge in [-0.1, -0.05) is 6.07 Å². The summed E-state index contributed by atoms with van der Waals surface area (Å²) in [6.07, 6.45) is 9.96. The Hall–Kier alpha value is -2.77. The third kappa shape index (κ3) is 3.52. The summed E-state index contributed by atoms with van der Waals surface area (Å²) in [5.41, 5.74) is 3.23. The van der Waals surface area contributed by atoms with Gasteiger partial charge in [-0.2, -0.15) is 0 Å². The normalized spacial score (nSPS) is 24.1. The Morgan fingerprint density at radius 3 is 2.76 bits per heavy atom. The first-order valence-electron chi connectivity index (χ1n) is 9.98. The van der Waals surface area contributed by atoms with E-state index in [1.165, 1.54) is 0 Å². The summed E-state index contributed by atoms with van der Waals surface area (Å²) in [6.45, 7) is 1.61. The predicted molar refractivity (Wildman–Crippen MR) is 115 cm³/mol. The van der Waals surface area contributed by atoms with E-state index in [0.29, 0.717) is 0 Å². The van der Waals surface area contributed by atoms with Gasteiger partial charge >= 0.3 is 0 Å². The van der Waals surface area contributed by atoms with Gasteiger partial charge in [0, 0.05) is 49.3 Å². The summed E-state index contributed by atoms with van der Waals surface area (Å²) in [4.78, 5) is 11.1. The first-order chi connectivity index (χ1) is 14.3. The minimum absolute atomic E-state index is 0.0183. The maximum absolute atomic E-state index is 5.92. The lowest BCUT2D eigenvalue weighted by Crippen LogP contribution is -2.36. The molecule has 2 aliphatic rings. The number of hydrogen-bond acceptors (Lipinski definition) is 4. The molecule has 3 aromatic heterocycles. The van der Waals surface area contributed by atoms with E-state index in [-0.39, 0.29) is 18.2 Å². The SMILES string of the molecule is S=C1NC(c2ccccn2)C(c2cccn2-c2ccncc2)N1CC1CCCO1. The van der Waals surface area contributed by atoms with Crippen molar-refractivity contribution in [1.29, 1.82) is 0 Å². The minimum atomic E-state index is -0.0272. The standard InChI is InChI=1S/C22H23N5OS/c29-22-25-20(18-6-1-2-10-24-18)21(27(22)15-17-5-4-14-28-17)19-7-3-13-26(19)16-8-11-23-12-9-16/h1-3,6-13,17,20-21H,4-5,14-15H2,(H,25,29). The predicted octanol–water partition coefficient (Wildman–Crippen LogP) is 3.42. The van der Waals surface area contributed by atoms with E-state index in [1.54, 1.807) is 0 Å². The van der Waals surface area contributed by atoms with Crippen molar-refractivity contribution in [3.8, 4) is 5.69 Å². The molecule has 0 radical (unpaired) electrons. The molecule has 3 unspecified atom stereocenters. The highest BCUT2D eigenvalue weighted by Gasteiger charge is 2.42. The number of thiocarbonyl (C=S) groups is 1. The van der Waals surface area contributed by atoms with Crippen molar-refractivity contribution < 1.29 is 4.74 Å². The summed E-state index contributed by atoms with van der Waals surface area (Å²) in [5, 5.41) is 4.28. The number of nitrogens with one attached hydrogen (secondary N) is 1. The van der Waals surface area contributed by atoms with Gasteiger partial charge in [-0.3, -0.25) is 9.97 Å². The molecule has 0 bridgehead atoms. The Balaban J connectivity index is 1.57. The lowest BCUT2D eigenvalue weighted by Gasteiger charge is -2.30. The number of ether oxygens (including phenoxy) is 1. The zero-order valence-corrected chi connectivity index (χ0v) is 16.8. The molecule has 29 heavy (non-hydrogen) atoms. The van der Waals surface area contributed by atoms with Crippen molar-refractivity contribution in [2.75, 3.05) is 13.2 Å². The molecule has 7 heteroatoms. The van der Waals surface area contributed by atoms with Crippen molar-refractivity contribution in [3.63, 3.8) is 0 Å². The average molecular weight is 406 g/mol. The highest BCUT2D eigenvalue weighted by atomic mass is 32.1. The molecule has 148 valence electrons. The smallest absolute Gasteiger partial charge is 0.170 e. The molecule has 0 aromatic carbocycles. The van der Waals surface area contributed by atoms with Crippen LogP contribution >= 0.6 is 12.2 Å². The van der Waals surface area contributed by atoms with Crippen LogP contribution < -0.4 is 5.32 Å². The summed E-state index contributed by atoms with van der Waals surface area (Å²) < 4.78 is 8.13. The maximum atomic E-state index is 5.92. The summed E-state index contributed by atoms with van der Waals surface area (Å²) in [5.74, 6) is 0. The van der Waals surface area contributed by atoms with Crippen molar-refractivity contribution in [2.45, 2.75) is 31.0 Å². The Bertz CT molecular complexity index is 971. The third-order valence-corrected chi connectivity index (χ3v) is 6.00. The molecule has 2 fully saturated rings. The lowest BCUT2D eigenvalue weighted by atomic mass is 10.0. The van der Waals surface area contributed by atoms with Crippen LogP contribution in [0, 0.1) is 0 Å². The fourth-order valence-corrected chi connectivity index (χ4v) is 4.62. The van der Waals surface area contributed by atoms with Crippen LogP contribution in [0.1, 0.15) is 36.3 Å². The van der Waals surface area contributed by atoms with Gasteiger partial charge in [0.05, 0.1) is 23.9 Å². The Labute approximate surface area is 175 Å². The van der Waals surface area contributed by atoms with Gasteiger partial charge < -0.3 is 19.5 Å². The first kappa shape index (κ1) is 18.3. The number of pyridine rings is 2. The molecule has 5 heterocycles. The zero-order valence-electron chi connectivity index (χ0n) is 16.0. The van der Waals surface area contributed by atoms with Crippen molar-refractivity contribution in [2.24, 2.45) is 0 Å². The van der Waals surface area contributed by atoms with Gasteiger partial charge in [-0.15, -0.1) is 0 Å². The number of rotatable bonds is 5. The van der Waals surface area contributed by atoms with E-state index in [9.17, 15) is 0 Å². The van der Waals surface area contributed by atoms with Gasteiger partial charge in [0.25, 0.3) is 0 Å². The van der Waals surface area contributed by atoms with E-state index in [1.807, 2.05) is 42.9 Å². The van der Waals surface area contributed by atoms with Crippen LogP contribution in [-0.2, 0) is 4.74 Å². The van der Waals surface area contributed by atoms with Crippen molar-refractivity contribution in [3.05, 3.63) is 78.6 Å². The number of aromatic nitrogens is 3. The fraction of sp³-hybridized carbons (Fsp3) is 0.318. The first-order valence-corrected chi connectivity index (χ1v) is 10.4. The molecule has 3 aromatic rings. The number of nitrogens with zero attached hydrogens (tertiary/aromatic N) is 4. The van der Waals surface area contributed by atoms with E-state index in [2.05, 4.69) is 49.1 Å². The van der Waals surface area contributed by atoms with E-state index in [0.717, 1.165) is 48.2 Å². The average Bonchev–Trinajstić information content (AvgIpc) is 3.51. The Kier molecular flexibility index (Phi) is 4.99. The van der Waals surface area contributed by atoms with Crippen LogP contribution in [0.3, 0.4) is 0 Å². The molecule has 0 saturated carbocycles. The summed E-state index contributed by atoms with van der Waals surface area (Å²) in [6, 6.07) is 14.3. The second-order valence-corrected chi connectivity index (χ2v) is 7.81. The van der Waals surface area contributed by atoms with Crippen LogP contribution in [0.2, 0.25) is 0 Å². The molecule has 2 aliphatic heterocycles. The van der Waals surface area contributed by atoms with Gasteiger partial charge in [-0.25, -0.2) is 0 Å². The van der Waals surface area contributed by atoms with E-state index in [4.69, 9.17) is 17.0 Å². The van der Waals surface area contributed by atoms with E-state index < -0.39 is 0 Å². The van der Waals surface area contributed by atoms with Crippen LogP contribution in [0.25, 0.3) is 5.69 Å². The van der Waals surface area contributed by atoms with Crippen LogP contribution in [0.5, 0.6) is 0 Å². The quantitative estimate of drug-likeness (QED) is 0.657. The van der Waals surface area contributed by atoms with Crippen molar-refractivity contribution >= 4 is 17.3 Å². The topological polar surface area (TPSA) is 55.2 Å². The van der Waals surface area contributed by atoms with Gasteiger partial charge in [0.15, 0.2) is 5.11 Å². The summed E-state index contributed by atoms with van der Waals surface area (Å²) in [7, 11) is 0. The van der Waals surface area contributed by atoms with Gasteiger partial charge in [-0.05, 0) is 61.5 Å². The molecule has 0 spiro atoms. The fourth-order valence-electron chi connectivity index (χ4n) is 4.31. The number of hydrogen-bond donors (Lipinski definition) is 1. The van der Waals surface area contributed by atoms with Crippen LogP contribution in [-0.4, -0.2) is 43.8 Å². The molecule has 6 nitrogen and oxygen atoms in total. The third-order valence-electron chi connectivity index (χ3n) is 5.65. The molecule has 3 atom stereocenters.